The van der Waals surface area contributed by atoms with Gasteiger partial charge in [0.2, 0.25) is 0 Å². The third-order valence-electron chi connectivity index (χ3n) is 3.12. The first-order valence-electron chi connectivity index (χ1n) is 6.83. The number of nitrogens with zero attached hydrogens (tertiary/aromatic N) is 3. The highest BCUT2D eigenvalue weighted by Crippen LogP contribution is 2.19. The van der Waals surface area contributed by atoms with Gasteiger partial charge >= 0.3 is 5.97 Å². The maximum Gasteiger partial charge on any atom is 0.325 e. The summed E-state index contributed by atoms with van der Waals surface area (Å²) in [6, 6.07) is 0. The maximum atomic E-state index is 11.6. The molecule has 1 unspecified atom stereocenters. The SMILES string of the molecule is CCOC(=O)C(C)(N)CCCCSc1nnc(C)n1C. The van der Waals surface area contributed by atoms with Gasteiger partial charge in [-0.1, -0.05) is 18.2 Å². The number of aryl methyl sites for hydroxylation is 1. The normalized spacial score (nSPS) is 14.1. The van der Waals surface area contributed by atoms with Crippen molar-refractivity contribution in [3.63, 3.8) is 0 Å². The van der Waals surface area contributed by atoms with Crippen LogP contribution in [0.25, 0.3) is 0 Å². The van der Waals surface area contributed by atoms with Crippen LogP contribution in [0.2, 0.25) is 0 Å². The highest BCUT2D eigenvalue weighted by molar-refractivity contribution is 7.99. The van der Waals surface area contributed by atoms with Crippen LogP contribution in [0.5, 0.6) is 0 Å². The number of hydrogen-bond acceptors (Lipinski definition) is 6. The fourth-order valence-corrected chi connectivity index (χ4v) is 2.62. The Balaban J connectivity index is 2.25. The standard InChI is InChI=1S/C13H24N4O2S/c1-5-19-11(18)13(3,14)8-6-7-9-20-12-16-15-10(2)17(12)4/h5-9,14H2,1-4H3. The number of ether oxygens (including phenoxy) is 1. The van der Waals surface area contributed by atoms with Crippen LogP contribution in [0.3, 0.4) is 0 Å². The summed E-state index contributed by atoms with van der Waals surface area (Å²) in [5.74, 6) is 1.52. The molecule has 1 aromatic heterocycles. The number of esters is 1. The zero-order valence-corrected chi connectivity index (χ0v) is 13.5. The van der Waals surface area contributed by atoms with Gasteiger partial charge in [-0.15, -0.1) is 10.2 Å². The third kappa shape index (κ3) is 4.79. The lowest BCUT2D eigenvalue weighted by molar-refractivity contribution is -0.149. The van der Waals surface area contributed by atoms with E-state index in [0.717, 1.165) is 29.6 Å². The predicted molar refractivity (Wildman–Crippen MR) is 79.5 cm³/mol. The number of nitrogens with two attached hydrogens (primary N) is 1. The van der Waals surface area contributed by atoms with Gasteiger partial charge in [-0.25, -0.2) is 0 Å². The number of carbonyl (C=O) groups is 1. The molecule has 1 rings (SSSR count). The van der Waals surface area contributed by atoms with E-state index >= 15 is 0 Å². The number of unbranched alkanes of at least 4 members (excludes halogenated alkanes) is 1. The molecule has 2 N–H and O–H groups in total. The lowest BCUT2D eigenvalue weighted by atomic mass is 9.96. The van der Waals surface area contributed by atoms with Crippen LogP contribution in [-0.4, -0.2) is 38.6 Å². The van der Waals surface area contributed by atoms with Crippen molar-refractivity contribution in [1.29, 1.82) is 0 Å². The second-order valence-electron chi connectivity index (χ2n) is 5.03. The fourth-order valence-electron chi connectivity index (χ4n) is 1.67. The Morgan fingerprint density at radius 3 is 2.70 bits per heavy atom. The molecular weight excluding hydrogens is 276 g/mol. The van der Waals surface area contributed by atoms with Crippen molar-refractivity contribution in [3.8, 4) is 0 Å². The van der Waals surface area contributed by atoms with E-state index in [1.807, 2.05) is 18.5 Å². The number of thioether (sulfide) groups is 1. The van der Waals surface area contributed by atoms with Crippen molar-refractivity contribution in [2.75, 3.05) is 12.4 Å². The Kier molecular flexibility index (Phi) is 6.48. The average Bonchev–Trinajstić information content (AvgIpc) is 2.70. The van der Waals surface area contributed by atoms with E-state index in [4.69, 9.17) is 10.5 Å². The molecule has 0 radical (unpaired) electrons. The number of rotatable bonds is 8. The molecule has 114 valence electrons. The minimum atomic E-state index is -0.887. The van der Waals surface area contributed by atoms with E-state index in [-0.39, 0.29) is 5.97 Å². The lowest BCUT2D eigenvalue weighted by Gasteiger charge is -2.21. The van der Waals surface area contributed by atoms with Gasteiger partial charge in [0.15, 0.2) is 5.16 Å². The molecule has 0 aromatic carbocycles. The van der Waals surface area contributed by atoms with Crippen LogP contribution >= 0.6 is 11.8 Å². The van der Waals surface area contributed by atoms with Crippen molar-refractivity contribution in [3.05, 3.63) is 5.82 Å². The van der Waals surface area contributed by atoms with Crippen LogP contribution in [0.1, 0.15) is 38.9 Å². The van der Waals surface area contributed by atoms with Gasteiger partial charge in [-0.3, -0.25) is 4.79 Å². The quantitative estimate of drug-likeness (QED) is 0.447. The minimum Gasteiger partial charge on any atom is -0.465 e. The highest BCUT2D eigenvalue weighted by Gasteiger charge is 2.28. The molecular formula is C13H24N4O2S. The van der Waals surface area contributed by atoms with Gasteiger partial charge in [0.1, 0.15) is 11.4 Å². The third-order valence-corrected chi connectivity index (χ3v) is 4.22. The predicted octanol–water partition coefficient (Wildman–Crippen LogP) is 1.67. The van der Waals surface area contributed by atoms with E-state index in [1.165, 1.54) is 0 Å². The van der Waals surface area contributed by atoms with Crippen molar-refractivity contribution >= 4 is 17.7 Å². The summed E-state index contributed by atoms with van der Waals surface area (Å²) in [7, 11) is 1.95. The second kappa shape index (κ2) is 7.64. The number of hydrogen-bond donors (Lipinski definition) is 1. The van der Waals surface area contributed by atoms with Gasteiger partial charge in [0.25, 0.3) is 0 Å². The highest BCUT2D eigenvalue weighted by atomic mass is 32.2. The van der Waals surface area contributed by atoms with Gasteiger partial charge in [0.05, 0.1) is 6.61 Å². The molecule has 0 aliphatic carbocycles. The molecule has 20 heavy (non-hydrogen) atoms. The lowest BCUT2D eigenvalue weighted by Crippen LogP contribution is -2.46. The topological polar surface area (TPSA) is 83.0 Å². The average molecular weight is 300 g/mol. The van der Waals surface area contributed by atoms with Gasteiger partial charge in [-0.05, 0) is 33.6 Å². The van der Waals surface area contributed by atoms with Crippen LogP contribution in [0.4, 0.5) is 0 Å². The molecule has 1 atom stereocenters. The summed E-state index contributed by atoms with van der Waals surface area (Å²) >= 11 is 1.67. The van der Waals surface area contributed by atoms with E-state index in [2.05, 4.69) is 10.2 Å². The van der Waals surface area contributed by atoms with Crippen LogP contribution < -0.4 is 5.73 Å². The number of carbonyl (C=O) groups excluding carboxylic acids is 1. The molecule has 0 spiro atoms. The molecule has 0 saturated carbocycles. The maximum absolute atomic E-state index is 11.6. The zero-order chi connectivity index (χ0) is 15.2. The van der Waals surface area contributed by atoms with Gasteiger partial charge < -0.3 is 15.0 Å². The Labute approximate surface area is 124 Å². The van der Waals surface area contributed by atoms with Gasteiger partial charge in [0, 0.05) is 12.8 Å². The molecule has 6 nitrogen and oxygen atoms in total. The van der Waals surface area contributed by atoms with E-state index < -0.39 is 5.54 Å². The summed E-state index contributed by atoms with van der Waals surface area (Å²) in [5.41, 5.74) is 5.07. The van der Waals surface area contributed by atoms with E-state index in [1.54, 1.807) is 25.6 Å². The van der Waals surface area contributed by atoms with Crippen molar-refractivity contribution in [2.45, 2.75) is 50.7 Å². The Morgan fingerprint density at radius 1 is 1.45 bits per heavy atom. The Bertz CT molecular complexity index is 446. The fraction of sp³-hybridized carbons (Fsp3) is 0.769. The summed E-state index contributed by atoms with van der Waals surface area (Å²) in [6.07, 6.45) is 2.49. The summed E-state index contributed by atoms with van der Waals surface area (Å²) < 4.78 is 6.93. The monoisotopic (exact) mass is 300 g/mol. The minimum absolute atomic E-state index is 0.323. The van der Waals surface area contributed by atoms with E-state index in [9.17, 15) is 4.79 Å². The van der Waals surface area contributed by atoms with Crippen molar-refractivity contribution in [1.82, 2.24) is 14.8 Å². The molecule has 0 amide bonds. The van der Waals surface area contributed by atoms with Crippen LogP contribution in [0.15, 0.2) is 5.16 Å². The first-order valence-corrected chi connectivity index (χ1v) is 7.82. The summed E-state index contributed by atoms with van der Waals surface area (Å²) in [5, 5.41) is 9.02. The first kappa shape index (κ1) is 17.0. The molecule has 1 aromatic rings. The smallest absolute Gasteiger partial charge is 0.325 e. The van der Waals surface area contributed by atoms with Crippen molar-refractivity contribution in [2.24, 2.45) is 12.8 Å². The van der Waals surface area contributed by atoms with Gasteiger partial charge in [-0.2, -0.15) is 0 Å². The molecule has 0 aliphatic heterocycles. The molecule has 7 heteroatoms. The van der Waals surface area contributed by atoms with E-state index in [0.29, 0.717) is 13.0 Å². The number of aromatic nitrogens is 3. The molecule has 0 aliphatic rings. The molecule has 1 heterocycles. The first-order chi connectivity index (χ1) is 9.38. The van der Waals surface area contributed by atoms with Crippen LogP contribution in [0, 0.1) is 6.92 Å². The molecule has 0 fully saturated rings. The summed E-state index contributed by atoms with van der Waals surface area (Å²) in [6.45, 7) is 5.81. The largest absolute Gasteiger partial charge is 0.465 e. The second-order valence-corrected chi connectivity index (χ2v) is 6.09. The van der Waals surface area contributed by atoms with Crippen molar-refractivity contribution < 1.29 is 9.53 Å². The molecule has 0 bridgehead atoms. The Morgan fingerprint density at radius 2 is 2.15 bits per heavy atom. The zero-order valence-electron chi connectivity index (χ0n) is 12.7. The van der Waals surface area contributed by atoms with Crippen LogP contribution in [-0.2, 0) is 16.6 Å². The molecule has 0 saturated heterocycles. The summed E-state index contributed by atoms with van der Waals surface area (Å²) in [4.78, 5) is 11.6. The Hall–Kier alpha value is -1.08.